The first-order valence-electron chi connectivity index (χ1n) is 20.2. The van der Waals surface area contributed by atoms with Gasteiger partial charge < -0.3 is 26.3 Å². The highest BCUT2D eigenvalue weighted by atomic mass is 19.1. The molecule has 1 saturated heterocycles. The van der Waals surface area contributed by atoms with Crippen LogP contribution in [0.5, 0.6) is 0 Å². The highest BCUT2D eigenvalue weighted by Crippen LogP contribution is 2.35. The van der Waals surface area contributed by atoms with Gasteiger partial charge in [0.25, 0.3) is 29.5 Å². The van der Waals surface area contributed by atoms with Gasteiger partial charge in [-0.15, -0.1) is 0 Å². The van der Waals surface area contributed by atoms with Crippen LogP contribution in [0, 0.1) is 19.7 Å². The van der Waals surface area contributed by atoms with Crippen molar-refractivity contribution in [3.05, 3.63) is 117 Å². The second-order valence-electron chi connectivity index (χ2n) is 15.3. The van der Waals surface area contributed by atoms with Gasteiger partial charge >= 0.3 is 0 Å². The van der Waals surface area contributed by atoms with Crippen molar-refractivity contribution in [3.8, 4) is 0 Å². The molecule has 14 nitrogen and oxygen atoms in total. The zero-order chi connectivity index (χ0) is 42.5. The number of rotatable bonds is 16. The molecule has 3 aromatic carbocycles. The molecule has 3 aliphatic heterocycles. The molecule has 4 aromatic rings. The first-order valence-corrected chi connectivity index (χ1v) is 20.2. The zero-order valence-electron chi connectivity index (χ0n) is 33.4. The maximum Gasteiger partial charge on any atom is 0.262 e. The van der Waals surface area contributed by atoms with Crippen LogP contribution in [-0.2, 0) is 20.9 Å². The SMILES string of the molecule is Cc1[nH]c(/C=C2\C(=O)Nc3ccc(F)cc32)c(C)c1C(=O)NCCCCCCCCNC(=O)c1ccc(CNc2ccc3c(c2)C(=O)N(C2CCC(=O)NC2=O)C3=O)cc1. The van der Waals surface area contributed by atoms with Crippen molar-refractivity contribution in [1.29, 1.82) is 0 Å². The average Bonchev–Trinajstić information content (AvgIpc) is 3.79. The minimum absolute atomic E-state index is 0.0539. The second kappa shape index (κ2) is 17.9. The Kier molecular flexibility index (Phi) is 12.3. The Morgan fingerprint density at radius 1 is 0.783 bits per heavy atom. The smallest absolute Gasteiger partial charge is 0.262 e. The summed E-state index contributed by atoms with van der Waals surface area (Å²) in [6.45, 7) is 5.12. The molecular weight excluding hydrogens is 770 g/mol. The molecule has 7 rings (SSSR count). The molecular formula is C45H46FN7O7. The predicted molar refractivity (Wildman–Crippen MR) is 222 cm³/mol. The summed E-state index contributed by atoms with van der Waals surface area (Å²) in [6, 6.07) is 15.1. The fraction of sp³-hybridized carbons (Fsp3) is 0.311. The van der Waals surface area contributed by atoms with Crippen molar-refractivity contribution in [2.45, 2.75) is 77.8 Å². The highest BCUT2D eigenvalue weighted by Gasteiger charge is 2.44. The van der Waals surface area contributed by atoms with Gasteiger partial charge in [0.05, 0.1) is 22.3 Å². The Morgan fingerprint density at radius 2 is 1.47 bits per heavy atom. The Labute approximate surface area is 345 Å². The average molecular weight is 816 g/mol. The summed E-state index contributed by atoms with van der Waals surface area (Å²) in [5, 5.41) is 14.1. The van der Waals surface area contributed by atoms with Crippen LogP contribution in [0.15, 0.2) is 60.7 Å². The summed E-state index contributed by atoms with van der Waals surface area (Å²) in [5.41, 5.74) is 6.37. The van der Waals surface area contributed by atoms with Gasteiger partial charge in [-0.1, -0.05) is 37.8 Å². The third-order valence-electron chi connectivity index (χ3n) is 11.1. The summed E-state index contributed by atoms with van der Waals surface area (Å²) in [4.78, 5) is 92.4. The van der Waals surface area contributed by atoms with Crippen molar-refractivity contribution < 1.29 is 38.0 Å². The van der Waals surface area contributed by atoms with Gasteiger partial charge in [-0.3, -0.25) is 43.8 Å². The number of benzene rings is 3. The van der Waals surface area contributed by atoms with E-state index >= 15 is 0 Å². The third-order valence-corrected chi connectivity index (χ3v) is 11.1. The van der Waals surface area contributed by atoms with Crippen LogP contribution in [0.4, 0.5) is 15.8 Å². The number of hydrogen-bond acceptors (Lipinski definition) is 8. The largest absolute Gasteiger partial charge is 0.381 e. The molecule has 0 saturated carbocycles. The first-order chi connectivity index (χ1) is 28.9. The first kappa shape index (κ1) is 41.3. The number of carbonyl (C=O) groups excluding carboxylic acids is 7. The fourth-order valence-corrected chi connectivity index (χ4v) is 7.82. The van der Waals surface area contributed by atoms with E-state index in [-0.39, 0.29) is 41.7 Å². The molecule has 1 atom stereocenters. The molecule has 1 unspecified atom stereocenters. The number of H-pyrrole nitrogens is 1. The lowest BCUT2D eigenvalue weighted by Crippen LogP contribution is -2.54. The minimum atomic E-state index is -1.02. The zero-order valence-corrected chi connectivity index (χ0v) is 33.4. The molecule has 0 radical (unpaired) electrons. The standard InChI is InChI=1S/C45H46FN7O7/c1-25-36(23-33-32-21-29(46)13-16-35(32)51-41(33)56)50-26(2)39(25)43(58)48-20-8-6-4-3-5-7-19-47-40(55)28-11-9-27(10-12-28)24-49-30-14-15-31-34(22-30)45(60)53(44(31)59)37-17-18-38(54)52-42(37)57/h9-16,21-23,37,49-50H,3-8,17-20,24H2,1-2H3,(H,47,55)(H,48,58)(H,51,56)(H,52,54,57)/b33-23-. The second-order valence-corrected chi connectivity index (χ2v) is 15.3. The molecule has 0 aliphatic carbocycles. The number of anilines is 2. The van der Waals surface area contributed by atoms with Crippen molar-refractivity contribution in [3.63, 3.8) is 0 Å². The maximum absolute atomic E-state index is 13.9. The number of unbranched alkanes of at least 4 members (excludes halogenated alkanes) is 5. The van der Waals surface area contributed by atoms with E-state index in [0.717, 1.165) is 49.0 Å². The number of nitrogens with one attached hydrogen (secondary N) is 6. The van der Waals surface area contributed by atoms with Crippen LogP contribution in [0.1, 0.15) is 121 Å². The van der Waals surface area contributed by atoms with E-state index in [1.807, 2.05) is 26.0 Å². The molecule has 4 heterocycles. The lowest BCUT2D eigenvalue weighted by Gasteiger charge is -2.27. The number of aromatic nitrogens is 1. The molecule has 0 bridgehead atoms. The molecule has 310 valence electrons. The number of carbonyl (C=O) groups is 7. The van der Waals surface area contributed by atoms with Gasteiger partial charge in [0.15, 0.2) is 0 Å². The summed E-state index contributed by atoms with van der Waals surface area (Å²) in [7, 11) is 0. The Morgan fingerprint density at radius 3 is 2.18 bits per heavy atom. The van der Waals surface area contributed by atoms with Gasteiger partial charge in [-0.25, -0.2) is 4.39 Å². The molecule has 1 fully saturated rings. The Balaban J connectivity index is 0.768. The number of piperidine rings is 1. The van der Waals surface area contributed by atoms with E-state index in [1.165, 1.54) is 18.2 Å². The van der Waals surface area contributed by atoms with Crippen LogP contribution in [0.3, 0.4) is 0 Å². The highest BCUT2D eigenvalue weighted by molar-refractivity contribution is 6.35. The van der Waals surface area contributed by atoms with Crippen LogP contribution in [0.2, 0.25) is 0 Å². The number of imide groups is 2. The van der Waals surface area contributed by atoms with E-state index < -0.39 is 35.5 Å². The monoisotopic (exact) mass is 815 g/mol. The lowest BCUT2D eigenvalue weighted by molar-refractivity contribution is -0.136. The normalized spacial score (nSPS) is 16.4. The number of aryl methyl sites for hydroxylation is 1. The van der Waals surface area contributed by atoms with E-state index in [1.54, 1.807) is 36.4 Å². The number of halogens is 1. The topological polar surface area (TPSA) is 199 Å². The van der Waals surface area contributed by atoms with Gasteiger partial charge in [-0.05, 0) is 98.8 Å². The van der Waals surface area contributed by atoms with E-state index in [2.05, 4.69) is 31.6 Å². The van der Waals surface area contributed by atoms with Gasteiger partial charge in [0.1, 0.15) is 11.9 Å². The molecule has 0 spiro atoms. The molecule has 1 aromatic heterocycles. The number of fused-ring (bicyclic) bond motifs is 2. The summed E-state index contributed by atoms with van der Waals surface area (Å²) >= 11 is 0. The lowest BCUT2D eigenvalue weighted by atomic mass is 10.0. The number of hydrogen-bond donors (Lipinski definition) is 6. The molecule has 3 aliphatic rings. The summed E-state index contributed by atoms with van der Waals surface area (Å²) < 4.78 is 13.9. The molecule has 60 heavy (non-hydrogen) atoms. The van der Waals surface area contributed by atoms with Crippen LogP contribution >= 0.6 is 0 Å². The summed E-state index contributed by atoms with van der Waals surface area (Å²) in [5.74, 6) is -3.32. The molecule has 6 N–H and O–H groups in total. The Bertz CT molecular complexity index is 2440. The van der Waals surface area contributed by atoms with Crippen molar-refractivity contribution in [2.24, 2.45) is 0 Å². The molecule has 7 amide bonds. The fourth-order valence-electron chi connectivity index (χ4n) is 7.82. The summed E-state index contributed by atoms with van der Waals surface area (Å²) in [6.07, 6.45) is 7.40. The van der Waals surface area contributed by atoms with Crippen LogP contribution in [0.25, 0.3) is 11.6 Å². The molecule has 15 heteroatoms. The predicted octanol–water partition coefficient (Wildman–Crippen LogP) is 5.78. The number of aromatic amines is 1. The van der Waals surface area contributed by atoms with E-state index in [0.29, 0.717) is 70.2 Å². The van der Waals surface area contributed by atoms with E-state index in [9.17, 15) is 38.0 Å². The van der Waals surface area contributed by atoms with Crippen molar-refractivity contribution in [2.75, 3.05) is 23.7 Å². The number of amides is 7. The van der Waals surface area contributed by atoms with Crippen LogP contribution in [-0.4, -0.2) is 70.4 Å². The van der Waals surface area contributed by atoms with Crippen molar-refractivity contribution in [1.82, 2.24) is 25.8 Å². The quantitative estimate of drug-likeness (QED) is 0.0465. The van der Waals surface area contributed by atoms with Gasteiger partial charge in [-0.2, -0.15) is 0 Å². The maximum atomic E-state index is 13.9. The van der Waals surface area contributed by atoms with Gasteiger partial charge in [0.2, 0.25) is 11.8 Å². The van der Waals surface area contributed by atoms with Crippen LogP contribution < -0.4 is 26.6 Å². The van der Waals surface area contributed by atoms with Gasteiger partial charge in [0, 0.05) is 59.9 Å². The van der Waals surface area contributed by atoms with Crippen molar-refractivity contribution >= 4 is 64.4 Å². The third kappa shape index (κ3) is 8.89. The van der Waals surface area contributed by atoms with E-state index in [4.69, 9.17) is 0 Å². The minimum Gasteiger partial charge on any atom is -0.381 e. The number of nitrogens with zero attached hydrogens (tertiary/aromatic N) is 1. The Hall–Kier alpha value is -6.90.